The monoisotopic (exact) mass is 291 g/mol. The molecule has 0 bridgehead atoms. The molecule has 2 aromatic rings. The Balaban J connectivity index is 2.49. The summed E-state index contributed by atoms with van der Waals surface area (Å²) >= 11 is 6.14. The molecule has 1 N–H and O–H groups in total. The van der Waals surface area contributed by atoms with E-state index < -0.39 is 0 Å². The Labute approximate surface area is 124 Å². The molecule has 0 heterocycles. The lowest BCUT2D eigenvalue weighted by molar-refractivity contribution is 0.601. The maximum Gasteiger partial charge on any atom is 0.123 e. The minimum atomic E-state index is -0.207. The van der Waals surface area contributed by atoms with Gasteiger partial charge in [0.15, 0.2) is 0 Å². The average molecular weight is 292 g/mol. The van der Waals surface area contributed by atoms with Gasteiger partial charge in [0, 0.05) is 5.02 Å². The molecule has 20 heavy (non-hydrogen) atoms. The number of rotatable bonds is 4. The van der Waals surface area contributed by atoms with Gasteiger partial charge in [0.2, 0.25) is 0 Å². The van der Waals surface area contributed by atoms with Crippen molar-refractivity contribution in [3.05, 3.63) is 69.5 Å². The molecule has 0 amide bonds. The van der Waals surface area contributed by atoms with Crippen LogP contribution in [-0.4, -0.2) is 6.54 Å². The summed E-state index contributed by atoms with van der Waals surface area (Å²) in [4.78, 5) is 0. The third kappa shape index (κ3) is 3.59. The summed E-state index contributed by atoms with van der Waals surface area (Å²) in [7, 11) is 0. The first-order valence-electron chi connectivity index (χ1n) is 6.77. The lowest BCUT2D eigenvalue weighted by Gasteiger charge is -2.20. The first-order chi connectivity index (χ1) is 9.49. The molecule has 2 aromatic carbocycles. The Hall–Kier alpha value is -1.38. The molecule has 0 aliphatic carbocycles. The zero-order chi connectivity index (χ0) is 14.7. The summed E-state index contributed by atoms with van der Waals surface area (Å²) in [6.07, 6.45) is 0. The molecule has 0 radical (unpaired) electrons. The molecule has 0 saturated carbocycles. The maximum absolute atomic E-state index is 13.6. The van der Waals surface area contributed by atoms with E-state index in [4.69, 9.17) is 11.6 Å². The third-order valence-electron chi connectivity index (χ3n) is 3.20. The summed E-state index contributed by atoms with van der Waals surface area (Å²) in [5, 5.41) is 4.10. The zero-order valence-corrected chi connectivity index (χ0v) is 12.8. The van der Waals surface area contributed by atoms with Gasteiger partial charge in [-0.05, 0) is 66.9 Å². The second-order valence-corrected chi connectivity index (χ2v) is 5.55. The Kier molecular flexibility index (Phi) is 4.79. The second kappa shape index (κ2) is 6.38. The summed E-state index contributed by atoms with van der Waals surface area (Å²) in [6, 6.07) is 11.0. The molecular weight excluding hydrogens is 273 g/mol. The van der Waals surface area contributed by atoms with E-state index >= 15 is 0 Å². The van der Waals surface area contributed by atoms with E-state index in [1.165, 1.54) is 6.07 Å². The average Bonchev–Trinajstić information content (AvgIpc) is 2.33. The van der Waals surface area contributed by atoms with Crippen molar-refractivity contribution < 1.29 is 4.39 Å². The lowest BCUT2D eigenvalue weighted by atomic mass is 9.96. The van der Waals surface area contributed by atoms with Crippen molar-refractivity contribution in [2.45, 2.75) is 26.8 Å². The van der Waals surface area contributed by atoms with E-state index in [-0.39, 0.29) is 11.9 Å². The predicted molar refractivity (Wildman–Crippen MR) is 82.8 cm³/mol. The SMILES string of the molecule is CCNC(c1cc(C)cc(F)c1)c1cc(C)cc(Cl)c1. The molecule has 0 saturated heterocycles. The fourth-order valence-corrected chi connectivity index (χ4v) is 2.79. The van der Waals surface area contributed by atoms with Crippen LogP contribution in [0.25, 0.3) is 0 Å². The van der Waals surface area contributed by atoms with Crippen molar-refractivity contribution in [2.24, 2.45) is 0 Å². The molecule has 1 nitrogen and oxygen atoms in total. The molecule has 1 atom stereocenters. The van der Waals surface area contributed by atoms with E-state index in [0.29, 0.717) is 5.02 Å². The highest BCUT2D eigenvalue weighted by atomic mass is 35.5. The highest BCUT2D eigenvalue weighted by Crippen LogP contribution is 2.27. The van der Waals surface area contributed by atoms with Crippen LogP contribution < -0.4 is 5.32 Å². The number of hydrogen-bond acceptors (Lipinski definition) is 1. The lowest BCUT2D eigenvalue weighted by Crippen LogP contribution is -2.22. The van der Waals surface area contributed by atoms with Gasteiger partial charge in [-0.15, -0.1) is 0 Å². The van der Waals surface area contributed by atoms with Crippen molar-refractivity contribution in [3.8, 4) is 0 Å². The van der Waals surface area contributed by atoms with Gasteiger partial charge in [0.25, 0.3) is 0 Å². The molecule has 0 fully saturated rings. The number of aryl methyl sites for hydroxylation is 2. The van der Waals surface area contributed by atoms with Gasteiger partial charge in [0.1, 0.15) is 5.82 Å². The van der Waals surface area contributed by atoms with Crippen molar-refractivity contribution in [2.75, 3.05) is 6.54 Å². The van der Waals surface area contributed by atoms with Crippen LogP contribution >= 0.6 is 11.6 Å². The van der Waals surface area contributed by atoms with Gasteiger partial charge >= 0.3 is 0 Å². The highest BCUT2D eigenvalue weighted by Gasteiger charge is 2.15. The zero-order valence-electron chi connectivity index (χ0n) is 12.0. The van der Waals surface area contributed by atoms with Gasteiger partial charge in [-0.1, -0.05) is 30.7 Å². The summed E-state index contributed by atoms with van der Waals surface area (Å²) in [5.41, 5.74) is 4.00. The highest BCUT2D eigenvalue weighted by molar-refractivity contribution is 6.30. The van der Waals surface area contributed by atoms with Crippen molar-refractivity contribution in [1.82, 2.24) is 5.32 Å². The Morgan fingerprint density at radius 2 is 1.60 bits per heavy atom. The molecule has 106 valence electrons. The van der Waals surface area contributed by atoms with E-state index in [9.17, 15) is 4.39 Å². The second-order valence-electron chi connectivity index (χ2n) is 5.11. The predicted octanol–water partition coefficient (Wildman–Crippen LogP) is 4.79. The molecule has 1 unspecified atom stereocenters. The van der Waals surface area contributed by atoms with Crippen LogP contribution in [0.3, 0.4) is 0 Å². The van der Waals surface area contributed by atoms with Crippen molar-refractivity contribution in [1.29, 1.82) is 0 Å². The molecule has 0 aliphatic heterocycles. The van der Waals surface area contributed by atoms with Gasteiger partial charge in [0.05, 0.1) is 6.04 Å². The molecule has 2 rings (SSSR count). The first kappa shape index (κ1) is 15.0. The molecular formula is C17H19ClFN. The molecule has 0 aromatic heterocycles. The minimum absolute atomic E-state index is 0.0493. The van der Waals surface area contributed by atoms with E-state index in [1.807, 2.05) is 39.0 Å². The van der Waals surface area contributed by atoms with E-state index in [2.05, 4.69) is 11.4 Å². The van der Waals surface area contributed by atoms with Crippen molar-refractivity contribution in [3.63, 3.8) is 0 Å². The smallest absolute Gasteiger partial charge is 0.123 e. The minimum Gasteiger partial charge on any atom is -0.307 e. The van der Waals surface area contributed by atoms with Crippen LogP contribution in [0.4, 0.5) is 4.39 Å². The molecule has 0 aliphatic rings. The first-order valence-corrected chi connectivity index (χ1v) is 7.15. The van der Waals surface area contributed by atoms with Crippen LogP contribution in [0.15, 0.2) is 36.4 Å². The van der Waals surface area contributed by atoms with E-state index in [1.54, 1.807) is 6.07 Å². The number of nitrogens with one attached hydrogen (secondary N) is 1. The fourth-order valence-electron chi connectivity index (χ4n) is 2.49. The number of benzene rings is 2. The Bertz CT molecular complexity index is 518. The number of halogens is 2. The Morgan fingerprint density at radius 3 is 2.15 bits per heavy atom. The normalized spacial score (nSPS) is 12.4. The number of hydrogen-bond donors (Lipinski definition) is 1. The van der Waals surface area contributed by atoms with Gasteiger partial charge < -0.3 is 5.32 Å². The van der Waals surface area contributed by atoms with Gasteiger partial charge in [-0.25, -0.2) is 4.39 Å². The van der Waals surface area contributed by atoms with Crippen LogP contribution in [0, 0.1) is 19.7 Å². The van der Waals surface area contributed by atoms with E-state index in [0.717, 1.165) is 28.8 Å². The van der Waals surface area contributed by atoms with Crippen molar-refractivity contribution >= 4 is 11.6 Å². The van der Waals surface area contributed by atoms with Crippen LogP contribution in [-0.2, 0) is 0 Å². The van der Waals surface area contributed by atoms with Crippen LogP contribution in [0.1, 0.15) is 35.2 Å². The maximum atomic E-state index is 13.6. The fraction of sp³-hybridized carbons (Fsp3) is 0.294. The molecule has 3 heteroatoms. The third-order valence-corrected chi connectivity index (χ3v) is 3.42. The van der Waals surface area contributed by atoms with Crippen LogP contribution in [0.5, 0.6) is 0 Å². The standard InChI is InChI=1S/C17H19ClFN/c1-4-20-17(13-5-11(2)7-15(18)9-13)14-6-12(3)8-16(19)10-14/h5-10,17,20H,4H2,1-3H3. The largest absolute Gasteiger partial charge is 0.307 e. The van der Waals surface area contributed by atoms with Gasteiger partial charge in [-0.3, -0.25) is 0 Å². The summed E-state index contributed by atoms with van der Waals surface area (Å²) in [5.74, 6) is -0.207. The summed E-state index contributed by atoms with van der Waals surface area (Å²) in [6.45, 7) is 6.75. The van der Waals surface area contributed by atoms with Crippen LogP contribution in [0.2, 0.25) is 5.02 Å². The van der Waals surface area contributed by atoms with Gasteiger partial charge in [-0.2, -0.15) is 0 Å². The Morgan fingerprint density at radius 1 is 1.00 bits per heavy atom. The topological polar surface area (TPSA) is 12.0 Å². The molecule has 0 spiro atoms. The quantitative estimate of drug-likeness (QED) is 0.853. The summed E-state index contributed by atoms with van der Waals surface area (Å²) < 4.78 is 13.6.